The predicted molar refractivity (Wildman–Crippen MR) is 148 cm³/mol. The molecule has 0 unspecified atom stereocenters. The fourth-order valence-electron chi connectivity index (χ4n) is 4.76. The van der Waals surface area contributed by atoms with E-state index in [9.17, 15) is 14.9 Å². The van der Waals surface area contributed by atoms with Crippen LogP contribution in [0.25, 0.3) is 21.3 Å². The van der Waals surface area contributed by atoms with Crippen molar-refractivity contribution in [3.63, 3.8) is 0 Å². The number of hydrogen-bond acceptors (Lipinski definition) is 9. The Morgan fingerprint density at radius 2 is 1.89 bits per heavy atom. The fourth-order valence-corrected chi connectivity index (χ4v) is 7.03. The molecular weight excluding hydrogens is 506 g/mol. The van der Waals surface area contributed by atoms with Crippen LogP contribution in [0.1, 0.15) is 62.2 Å². The van der Waals surface area contributed by atoms with Gasteiger partial charge in [-0.25, -0.2) is 9.78 Å². The van der Waals surface area contributed by atoms with E-state index in [0.717, 1.165) is 59.4 Å². The second-order valence-electron chi connectivity index (χ2n) is 8.69. The van der Waals surface area contributed by atoms with Crippen LogP contribution in [-0.4, -0.2) is 23.5 Å². The van der Waals surface area contributed by atoms with Crippen LogP contribution in [0.3, 0.4) is 0 Å². The monoisotopic (exact) mass is 531 g/mol. The highest BCUT2D eigenvalue weighted by molar-refractivity contribution is 7.21. The Bertz CT molecular complexity index is 1570. The van der Waals surface area contributed by atoms with Crippen molar-refractivity contribution in [1.82, 2.24) is 4.98 Å². The van der Waals surface area contributed by atoms with Crippen molar-refractivity contribution in [2.45, 2.75) is 39.0 Å². The molecule has 1 amide bonds. The van der Waals surface area contributed by atoms with Gasteiger partial charge in [0, 0.05) is 15.8 Å². The molecule has 188 valence electrons. The van der Waals surface area contributed by atoms with E-state index in [2.05, 4.69) is 16.4 Å². The van der Waals surface area contributed by atoms with Gasteiger partial charge in [0.05, 0.1) is 17.9 Å². The summed E-state index contributed by atoms with van der Waals surface area (Å²) in [5.74, 6) is -0.798. The van der Waals surface area contributed by atoms with Crippen molar-refractivity contribution in [2.75, 3.05) is 23.4 Å². The molecule has 3 aromatic heterocycles. The number of anilines is 3. The van der Waals surface area contributed by atoms with Gasteiger partial charge in [-0.15, -0.1) is 22.7 Å². The molecule has 0 fully saturated rings. The smallest absolute Gasteiger partial charge is 0.341 e. The third kappa shape index (κ3) is 4.41. The highest BCUT2D eigenvalue weighted by Gasteiger charge is 2.29. The molecule has 0 spiro atoms. The van der Waals surface area contributed by atoms with Crippen LogP contribution in [0.15, 0.2) is 30.3 Å². The maximum Gasteiger partial charge on any atom is 0.341 e. The van der Waals surface area contributed by atoms with Gasteiger partial charge in [0.25, 0.3) is 5.91 Å². The number of benzene rings is 1. The first-order valence-electron chi connectivity index (χ1n) is 12.0. The van der Waals surface area contributed by atoms with Gasteiger partial charge in [0.2, 0.25) is 0 Å². The number of nitrogen functional groups attached to an aromatic ring is 2. The first kappa shape index (κ1) is 24.7. The van der Waals surface area contributed by atoms with E-state index in [4.69, 9.17) is 16.2 Å². The van der Waals surface area contributed by atoms with Crippen LogP contribution < -0.4 is 16.8 Å². The molecule has 37 heavy (non-hydrogen) atoms. The predicted octanol–water partition coefficient (Wildman–Crippen LogP) is 5.76. The Balaban J connectivity index is 1.61. The molecule has 0 atom stereocenters. The normalized spacial score (nSPS) is 13.0. The zero-order chi connectivity index (χ0) is 26.1. The minimum absolute atomic E-state index is 0.0775. The molecule has 1 aliphatic rings. The number of thiophene rings is 2. The molecule has 1 aromatic carbocycles. The number of nitrogens with zero attached hydrogens (tertiary/aromatic N) is 2. The minimum Gasteiger partial charge on any atom is -0.462 e. The molecule has 5 rings (SSSR count). The van der Waals surface area contributed by atoms with Gasteiger partial charge in [-0.3, -0.25) is 4.79 Å². The molecule has 1 aliphatic carbocycles. The summed E-state index contributed by atoms with van der Waals surface area (Å²) in [6.45, 7) is 2.01. The average Bonchev–Trinajstić information content (AvgIpc) is 3.30. The van der Waals surface area contributed by atoms with Crippen molar-refractivity contribution in [2.24, 2.45) is 0 Å². The van der Waals surface area contributed by atoms with Gasteiger partial charge < -0.3 is 21.5 Å². The van der Waals surface area contributed by atoms with Crippen molar-refractivity contribution >= 4 is 61.3 Å². The maximum absolute atomic E-state index is 13.6. The lowest BCUT2D eigenvalue weighted by Gasteiger charge is -2.10. The molecule has 10 heteroatoms. The average molecular weight is 532 g/mol. The van der Waals surface area contributed by atoms with Gasteiger partial charge >= 0.3 is 5.97 Å². The van der Waals surface area contributed by atoms with E-state index in [1.54, 1.807) is 6.92 Å². The number of amides is 1. The molecule has 8 nitrogen and oxygen atoms in total. The summed E-state index contributed by atoms with van der Waals surface area (Å²) in [5, 5.41) is 13.7. The Morgan fingerprint density at radius 3 is 2.62 bits per heavy atom. The number of pyridine rings is 1. The largest absolute Gasteiger partial charge is 0.462 e. The van der Waals surface area contributed by atoms with E-state index in [1.807, 2.05) is 30.3 Å². The van der Waals surface area contributed by atoms with Crippen LogP contribution in [0.4, 0.5) is 16.5 Å². The second kappa shape index (κ2) is 10.2. The molecule has 0 aliphatic heterocycles. The number of hydrogen-bond donors (Lipinski definition) is 3. The van der Waals surface area contributed by atoms with E-state index < -0.39 is 11.9 Å². The molecule has 0 saturated carbocycles. The van der Waals surface area contributed by atoms with Gasteiger partial charge in [0.1, 0.15) is 32.2 Å². The molecule has 0 radical (unpaired) electrons. The van der Waals surface area contributed by atoms with Crippen LogP contribution in [0.2, 0.25) is 0 Å². The minimum atomic E-state index is -0.446. The maximum atomic E-state index is 13.6. The summed E-state index contributed by atoms with van der Waals surface area (Å²) in [6.07, 6.45) is 4.79. The van der Waals surface area contributed by atoms with Crippen LogP contribution in [-0.2, 0) is 17.6 Å². The van der Waals surface area contributed by atoms with E-state index >= 15 is 0 Å². The quantitative estimate of drug-likeness (QED) is 0.219. The number of esters is 1. The van der Waals surface area contributed by atoms with Crippen molar-refractivity contribution in [3.05, 3.63) is 56.8 Å². The number of fused-ring (bicyclic) bond motifs is 2. The second-order valence-corrected chi connectivity index (χ2v) is 10.8. The van der Waals surface area contributed by atoms with E-state index in [-0.39, 0.29) is 28.6 Å². The Morgan fingerprint density at radius 1 is 1.14 bits per heavy atom. The number of nitrogens with two attached hydrogens (primary N) is 2. The number of rotatable bonds is 5. The third-order valence-corrected chi connectivity index (χ3v) is 8.72. The summed E-state index contributed by atoms with van der Waals surface area (Å²) >= 11 is 2.53. The summed E-state index contributed by atoms with van der Waals surface area (Å²) < 4.78 is 5.34. The standard InChI is InChI=1S/C27H25N5O3S2/c1-2-35-27(34)19-15-11-7-4-8-12-17(15)36-25(19)32-24(33)22-21(29)20-18(14-9-5-3-6-10-14)16(13-28)23(30)31-26(20)37-22/h3,5-6,9-10H,2,4,7-8,11-12,29H2,1H3,(H2,30,31)(H,32,33). The van der Waals surface area contributed by atoms with Gasteiger partial charge in [-0.2, -0.15) is 5.26 Å². The van der Waals surface area contributed by atoms with Crippen LogP contribution >= 0.6 is 22.7 Å². The summed E-state index contributed by atoms with van der Waals surface area (Å²) in [7, 11) is 0. The van der Waals surface area contributed by atoms with Gasteiger partial charge in [-0.05, 0) is 43.7 Å². The molecule has 0 bridgehead atoms. The lowest BCUT2D eigenvalue weighted by molar-refractivity contribution is 0.0527. The van der Waals surface area contributed by atoms with Crippen molar-refractivity contribution < 1.29 is 14.3 Å². The highest BCUT2D eigenvalue weighted by atomic mass is 32.1. The number of aromatic nitrogens is 1. The molecule has 5 N–H and O–H groups in total. The first-order valence-corrected chi connectivity index (χ1v) is 13.7. The molecular formula is C27H25N5O3S2. The topological polar surface area (TPSA) is 144 Å². The molecule has 0 saturated heterocycles. The number of nitrogens with one attached hydrogen (secondary N) is 1. The van der Waals surface area contributed by atoms with Gasteiger partial charge in [0.15, 0.2) is 0 Å². The molecule has 3 heterocycles. The highest BCUT2D eigenvalue weighted by Crippen LogP contribution is 2.44. The zero-order valence-electron chi connectivity index (χ0n) is 20.2. The van der Waals surface area contributed by atoms with Crippen LogP contribution in [0, 0.1) is 11.3 Å². The number of carbonyl (C=O) groups excluding carboxylic acids is 2. The number of ether oxygens (including phenoxy) is 1. The lowest BCUT2D eigenvalue weighted by Crippen LogP contribution is -2.15. The van der Waals surface area contributed by atoms with Crippen molar-refractivity contribution in [3.8, 4) is 17.2 Å². The fraction of sp³-hybridized carbons (Fsp3) is 0.259. The van der Waals surface area contributed by atoms with E-state index in [1.165, 1.54) is 11.3 Å². The van der Waals surface area contributed by atoms with Crippen LogP contribution in [0.5, 0.6) is 0 Å². The number of aryl methyl sites for hydroxylation is 1. The first-order chi connectivity index (χ1) is 17.9. The van der Waals surface area contributed by atoms with E-state index in [0.29, 0.717) is 26.3 Å². The summed E-state index contributed by atoms with van der Waals surface area (Å²) in [5.41, 5.74) is 15.8. The summed E-state index contributed by atoms with van der Waals surface area (Å²) in [6, 6.07) is 11.4. The summed E-state index contributed by atoms with van der Waals surface area (Å²) in [4.78, 5) is 32.7. The number of nitriles is 1. The SMILES string of the molecule is CCOC(=O)c1c(NC(=O)c2sc3nc(N)c(C#N)c(-c4ccccc4)c3c2N)sc2c1CCCCC2. The zero-order valence-corrected chi connectivity index (χ0v) is 21.9. The Kier molecular flexibility index (Phi) is 6.82. The Hall–Kier alpha value is -3.94. The van der Waals surface area contributed by atoms with Gasteiger partial charge in [-0.1, -0.05) is 36.8 Å². The molecule has 4 aromatic rings. The Labute approximate surface area is 221 Å². The number of carbonyl (C=O) groups is 2. The van der Waals surface area contributed by atoms with Crippen molar-refractivity contribution in [1.29, 1.82) is 5.26 Å². The lowest BCUT2D eigenvalue weighted by atomic mass is 9.97. The third-order valence-electron chi connectivity index (χ3n) is 6.41.